The number of ether oxygens (including phenoxy) is 1. The Morgan fingerprint density at radius 2 is 1.78 bits per heavy atom. The smallest absolute Gasteiger partial charge is 0.417 e. The molecule has 1 rings (SSSR count). The van der Waals surface area contributed by atoms with Crippen LogP contribution < -0.4 is 0 Å². The van der Waals surface area contributed by atoms with Crippen LogP contribution in [0.4, 0.5) is 13.2 Å². The van der Waals surface area contributed by atoms with Crippen LogP contribution in [-0.2, 0) is 15.7 Å². The quantitative estimate of drug-likeness (QED) is 0.718. The van der Waals surface area contributed by atoms with Crippen molar-refractivity contribution >= 4 is 11.9 Å². The molecule has 0 aliphatic rings. The Hall–Kier alpha value is -2.05. The molecule has 0 radical (unpaired) electrons. The van der Waals surface area contributed by atoms with Gasteiger partial charge in [-0.25, -0.2) is 0 Å². The van der Waals surface area contributed by atoms with Crippen molar-refractivity contribution < 1.29 is 27.5 Å². The lowest BCUT2D eigenvalue weighted by Gasteiger charge is -2.23. The van der Waals surface area contributed by atoms with Crippen LogP contribution in [-0.4, -0.2) is 36.5 Å². The van der Waals surface area contributed by atoms with E-state index in [0.717, 1.165) is 12.1 Å². The maximum Gasteiger partial charge on any atom is 0.417 e. The summed E-state index contributed by atoms with van der Waals surface area (Å²) in [5.41, 5.74) is -1.38. The standard InChI is InChI=1S/C16H20F3NO3/c1-3-10-20(11-9-14(21)23-4-2)15(22)12-7-5-6-8-13(12)16(17,18)19/h5-8H,3-4,9-11H2,1-2H3. The van der Waals surface area contributed by atoms with Crippen LogP contribution in [0.1, 0.15) is 42.6 Å². The summed E-state index contributed by atoms with van der Waals surface area (Å²) >= 11 is 0. The molecule has 4 nitrogen and oxygen atoms in total. The third-order valence-corrected chi connectivity index (χ3v) is 3.13. The summed E-state index contributed by atoms with van der Waals surface area (Å²) in [6.07, 6.45) is -4.08. The molecule has 0 unspecified atom stereocenters. The predicted molar refractivity (Wildman–Crippen MR) is 78.9 cm³/mol. The van der Waals surface area contributed by atoms with Gasteiger partial charge in [-0.2, -0.15) is 13.2 Å². The molecular weight excluding hydrogens is 311 g/mol. The molecule has 0 aliphatic carbocycles. The highest BCUT2D eigenvalue weighted by molar-refractivity contribution is 5.96. The second-order valence-electron chi connectivity index (χ2n) is 4.89. The predicted octanol–water partition coefficient (Wildman–Crippen LogP) is 3.51. The van der Waals surface area contributed by atoms with Gasteiger partial charge in [0, 0.05) is 13.1 Å². The van der Waals surface area contributed by atoms with Crippen molar-refractivity contribution in [3.8, 4) is 0 Å². The van der Waals surface area contributed by atoms with Crippen LogP contribution in [0.15, 0.2) is 24.3 Å². The first kappa shape index (κ1) is 19.0. The highest BCUT2D eigenvalue weighted by atomic mass is 19.4. The third-order valence-electron chi connectivity index (χ3n) is 3.13. The van der Waals surface area contributed by atoms with Crippen molar-refractivity contribution in [2.45, 2.75) is 32.9 Å². The average molecular weight is 331 g/mol. The molecule has 0 heterocycles. The Kier molecular flexibility index (Phi) is 7.06. The van der Waals surface area contributed by atoms with E-state index in [1.807, 2.05) is 0 Å². The van der Waals surface area contributed by atoms with Gasteiger partial charge in [0.2, 0.25) is 0 Å². The van der Waals surface area contributed by atoms with Crippen LogP contribution in [0.5, 0.6) is 0 Å². The first-order chi connectivity index (χ1) is 10.8. The molecule has 1 aromatic carbocycles. The van der Waals surface area contributed by atoms with Gasteiger partial charge in [-0.1, -0.05) is 19.1 Å². The normalized spacial score (nSPS) is 11.2. The van der Waals surface area contributed by atoms with Crippen molar-refractivity contribution in [2.75, 3.05) is 19.7 Å². The number of amides is 1. The zero-order valence-corrected chi connectivity index (χ0v) is 13.2. The Morgan fingerprint density at radius 1 is 1.13 bits per heavy atom. The Labute approximate surface area is 133 Å². The van der Waals surface area contributed by atoms with Crippen LogP contribution in [0.2, 0.25) is 0 Å². The number of benzene rings is 1. The Bertz CT molecular complexity index is 544. The number of rotatable bonds is 7. The van der Waals surface area contributed by atoms with Gasteiger partial charge in [-0.05, 0) is 25.5 Å². The molecule has 1 amide bonds. The maximum atomic E-state index is 13.0. The van der Waals surface area contributed by atoms with E-state index in [2.05, 4.69) is 0 Å². The fourth-order valence-corrected chi connectivity index (χ4v) is 2.13. The van der Waals surface area contributed by atoms with Crippen molar-refractivity contribution in [2.24, 2.45) is 0 Å². The number of esters is 1. The molecule has 0 saturated carbocycles. The minimum Gasteiger partial charge on any atom is -0.466 e. The summed E-state index contributed by atoms with van der Waals surface area (Å²) in [6, 6.07) is 4.65. The second kappa shape index (κ2) is 8.55. The van der Waals surface area contributed by atoms with Gasteiger partial charge in [-0.3, -0.25) is 9.59 Å². The fourth-order valence-electron chi connectivity index (χ4n) is 2.13. The van der Waals surface area contributed by atoms with E-state index in [1.54, 1.807) is 13.8 Å². The molecule has 0 spiro atoms. The van der Waals surface area contributed by atoms with E-state index in [9.17, 15) is 22.8 Å². The second-order valence-corrected chi connectivity index (χ2v) is 4.89. The lowest BCUT2D eigenvalue weighted by molar-refractivity contribution is -0.143. The van der Waals surface area contributed by atoms with Gasteiger partial charge in [0.15, 0.2) is 0 Å². The molecule has 0 fully saturated rings. The number of alkyl halides is 3. The first-order valence-electron chi connectivity index (χ1n) is 7.42. The minimum atomic E-state index is -4.61. The number of carbonyl (C=O) groups excluding carboxylic acids is 2. The monoisotopic (exact) mass is 331 g/mol. The summed E-state index contributed by atoms with van der Waals surface area (Å²) in [6.45, 7) is 3.98. The SMILES string of the molecule is CCCN(CCC(=O)OCC)C(=O)c1ccccc1C(F)(F)F. The highest BCUT2D eigenvalue weighted by Crippen LogP contribution is 2.32. The van der Waals surface area contributed by atoms with Gasteiger partial charge < -0.3 is 9.64 Å². The van der Waals surface area contributed by atoms with Crippen molar-refractivity contribution in [1.82, 2.24) is 4.90 Å². The molecule has 0 aliphatic heterocycles. The van der Waals surface area contributed by atoms with Gasteiger partial charge in [0.05, 0.1) is 24.2 Å². The molecule has 1 aromatic rings. The van der Waals surface area contributed by atoms with Crippen LogP contribution in [0, 0.1) is 0 Å². The van der Waals surface area contributed by atoms with Crippen molar-refractivity contribution in [3.05, 3.63) is 35.4 Å². The summed E-state index contributed by atoms with van der Waals surface area (Å²) < 4.78 is 43.9. The van der Waals surface area contributed by atoms with Gasteiger partial charge in [0.25, 0.3) is 5.91 Å². The van der Waals surface area contributed by atoms with E-state index in [4.69, 9.17) is 4.74 Å². The first-order valence-corrected chi connectivity index (χ1v) is 7.42. The zero-order chi connectivity index (χ0) is 17.5. The maximum absolute atomic E-state index is 13.0. The number of hydrogen-bond acceptors (Lipinski definition) is 3. The summed E-state index contributed by atoms with van der Waals surface area (Å²) in [5.74, 6) is -1.21. The summed E-state index contributed by atoms with van der Waals surface area (Å²) in [5, 5.41) is 0. The van der Waals surface area contributed by atoms with Crippen LogP contribution in [0.3, 0.4) is 0 Å². The summed E-state index contributed by atoms with van der Waals surface area (Å²) in [7, 11) is 0. The molecule has 128 valence electrons. The fraction of sp³-hybridized carbons (Fsp3) is 0.500. The Balaban J connectivity index is 2.96. The molecular formula is C16H20F3NO3. The van der Waals surface area contributed by atoms with E-state index in [-0.39, 0.29) is 26.1 Å². The largest absolute Gasteiger partial charge is 0.466 e. The molecule has 0 saturated heterocycles. The van der Waals surface area contributed by atoms with E-state index < -0.39 is 29.2 Å². The van der Waals surface area contributed by atoms with Gasteiger partial charge in [-0.15, -0.1) is 0 Å². The highest BCUT2D eigenvalue weighted by Gasteiger charge is 2.35. The van der Waals surface area contributed by atoms with Gasteiger partial charge in [0.1, 0.15) is 0 Å². The lowest BCUT2D eigenvalue weighted by Crippen LogP contribution is -2.35. The average Bonchev–Trinajstić information content (AvgIpc) is 2.50. The molecule has 23 heavy (non-hydrogen) atoms. The Morgan fingerprint density at radius 3 is 2.35 bits per heavy atom. The number of carbonyl (C=O) groups is 2. The topological polar surface area (TPSA) is 46.6 Å². The zero-order valence-electron chi connectivity index (χ0n) is 13.2. The van der Waals surface area contributed by atoms with E-state index in [0.29, 0.717) is 6.42 Å². The molecule has 7 heteroatoms. The van der Waals surface area contributed by atoms with Crippen molar-refractivity contribution in [3.63, 3.8) is 0 Å². The van der Waals surface area contributed by atoms with E-state index >= 15 is 0 Å². The number of nitrogens with zero attached hydrogens (tertiary/aromatic N) is 1. The van der Waals surface area contributed by atoms with E-state index in [1.165, 1.54) is 17.0 Å². The molecule has 0 N–H and O–H groups in total. The van der Waals surface area contributed by atoms with Crippen molar-refractivity contribution in [1.29, 1.82) is 0 Å². The van der Waals surface area contributed by atoms with Crippen LogP contribution >= 0.6 is 0 Å². The third kappa shape index (κ3) is 5.58. The number of hydrogen-bond donors (Lipinski definition) is 0. The summed E-state index contributed by atoms with van der Waals surface area (Å²) in [4.78, 5) is 25.1. The van der Waals surface area contributed by atoms with Crippen LogP contribution in [0.25, 0.3) is 0 Å². The molecule has 0 bridgehead atoms. The van der Waals surface area contributed by atoms with Gasteiger partial charge >= 0.3 is 12.1 Å². The minimum absolute atomic E-state index is 0.0255. The number of halogens is 3. The lowest BCUT2D eigenvalue weighted by atomic mass is 10.1. The molecule has 0 aromatic heterocycles. The molecule has 0 atom stereocenters.